The molecule has 0 spiro atoms. The lowest BCUT2D eigenvalue weighted by Crippen LogP contribution is -2.17. The number of hydrogen-bond donors (Lipinski definition) is 1. The number of carbonyl (C=O) groups excluding carboxylic acids is 1. The lowest BCUT2D eigenvalue weighted by atomic mass is 10.0. The number of amides is 1. The lowest BCUT2D eigenvalue weighted by molar-refractivity contribution is -0.121. The summed E-state index contributed by atoms with van der Waals surface area (Å²) in [7, 11) is 3.27. The minimum absolute atomic E-state index is 0.0923. The van der Waals surface area contributed by atoms with Crippen LogP contribution in [-0.4, -0.2) is 26.3 Å². The topological polar surface area (TPSA) is 59.9 Å². The molecule has 0 atom stereocenters. The number of ether oxygens (including phenoxy) is 2. The first-order valence-corrected chi connectivity index (χ1v) is 8.22. The van der Waals surface area contributed by atoms with Crippen molar-refractivity contribution in [1.82, 2.24) is 5.43 Å². The third-order valence-corrected chi connectivity index (χ3v) is 3.90. The van der Waals surface area contributed by atoms with Crippen LogP contribution in [0.2, 0.25) is 0 Å². The zero-order valence-electron chi connectivity index (χ0n) is 14.9. The van der Waals surface area contributed by atoms with Crippen molar-refractivity contribution in [1.29, 1.82) is 0 Å². The second kappa shape index (κ2) is 9.47. The van der Waals surface area contributed by atoms with Crippen molar-refractivity contribution < 1.29 is 14.3 Å². The van der Waals surface area contributed by atoms with E-state index in [2.05, 4.69) is 17.5 Å². The molecule has 0 saturated heterocycles. The van der Waals surface area contributed by atoms with Crippen LogP contribution in [0.5, 0.6) is 11.5 Å². The number of hydrazone groups is 1. The van der Waals surface area contributed by atoms with E-state index >= 15 is 0 Å². The SMILES string of the molecule is COc1cccc(/C=N\NC(=O)CCCc2ccc(OC)cc2C)c1. The first-order chi connectivity index (χ1) is 12.1. The summed E-state index contributed by atoms with van der Waals surface area (Å²) in [4.78, 5) is 11.9. The number of carbonyl (C=O) groups is 1. The maximum atomic E-state index is 11.9. The zero-order valence-corrected chi connectivity index (χ0v) is 14.9. The normalized spacial score (nSPS) is 10.7. The molecule has 0 unspecified atom stereocenters. The molecule has 0 heterocycles. The number of hydrogen-bond acceptors (Lipinski definition) is 4. The van der Waals surface area contributed by atoms with Gasteiger partial charge in [0, 0.05) is 6.42 Å². The Kier molecular flexibility index (Phi) is 7.01. The Labute approximate surface area is 148 Å². The molecule has 5 heteroatoms. The van der Waals surface area contributed by atoms with Crippen molar-refractivity contribution in [2.75, 3.05) is 14.2 Å². The number of methoxy groups -OCH3 is 2. The zero-order chi connectivity index (χ0) is 18.1. The van der Waals surface area contributed by atoms with Gasteiger partial charge in [-0.15, -0.1) is 0 Å². The average molecular weight is 340 g/mol. The van der Waals surface area contributed by atoms with Crippen LogP contribution in [0.4, 0.5) is 0 Å². The van der Waals surface area contributed by atoms with Gasteiger partial charge in [-0.25, -0.2) is 5.43 Å². The molecule has 5 nitrogen and oxygen atoms in total. The van der Waals surface area contributed by atoms with E-state index in [1.165, 1.54) is 11.1 Å². The predicted molar refractivity (Wildman–Crippen MR) is 99.4 cm³/mol. The molecule has 2 rings (SSSR count). The third-order valence-electron chi connectivity index (χ3n) is 3.90. The van der Waals surface area contributed by atoms with Crippen molar-refractivity contribution in [3.8, 4) is 11.5 Å². The van der Waals surface area contributed by atoms with E-state index in [0.29, 0.717) is 6.42 Å². The molecule has 0 aliphatic rings. The van der Waals surface area contributed by atoms with Gasteiger partial charge in [-0.1, -0.05) is 18.2 Å². The van der Waals surface area contributed by atoms with Gasteiger partial charge in [0.25, 0.3) is 0 Å². The molecule has 0 aliphatic carbocycles. The smallest absolute Gasteiger partial charge is 0.240 e. The molecule has 0 radical (unpaired) electrons. The van der Waals surface area contributed by atoms with Crippen LogP contribution in [0, 0.1) is 6.92 Å². The molecule has 2 aromatic rings. The van der Waals surface area contributed by atoms with Crippen LogP contribution < -0.4 is 14.9 Å². The lowest BCUT2D eigenvalue weighted by Gasteiger charge is -2.07. The molecular weight excluding hydrogens is 316 g/mol. The minimum Gasteiger partial charge on any atom is -0.497 e. The second-order valence-electron chi connectivity index (χ2n) is 5.72. The van der Waals surface area contributed by atoms with Crippen molar-refractivity contribution in [3.63, 3.8) is 0 Å². The fourth-order valence-electron chi connectivity index (χ4n) is 2.47. The fraction of sp³-hybridized carbons (Fsp3) is 0.300. The molecule has 132 valence electrons. The Morgan fingerprint density at radius 3 is 2.60 bits per heavy atom. The Hall–Kier alpha value is -2.82. The van der Waals surface area contributed by atoms with Crippen molar-refractivity contribution in [2.24, 2.45) is 5.10 Å². The molecule has 0 fully saturated rings. The summed E-state index contributed by atoms with van der Waals surface area (Å²) in [5.41, 5.74) is 5.83. The molecule has 0 saturated carbocycles. The van der Waals surface area contributed by atoms with Gasteiger partial charge in [0.05, 0.1) is 20.4 Å². The Morgan fingerprint density at radius 2 is 1.88 bits per heavy atom. The highest BCUT2D eigenvalue weighted by atomic mass is 16.5. The molecule has 0 aliphatic heterocycles. The van der Waals surface area contributed by atoms with Crippen molar-refractivity contribution in [2.45, 2.75) is 26.2 Å². The number of nitrogens with zero attached hydrogens (tertiary/aromatic N) is 1. The maximum Gasteiger partial charge on any atom is 0.240 e. The molecule has 1 N–H and O–H groups in total. The average Bonchev–Trinajstić information content (AvgIpc) is 2.63. The summed E-state index contributed by atoms with van der Waals surface area (Å²) in [5.74, 6) is 1.52. The third kappa shape index (κ3) is 5.95. The molecule has 2 aromatic carbocycles. The van der Waals surface area contributed by atoms with Gasteiger partial charge in [0.2, 0.25) is 5.91 Å². The summed E-state index contributed by atoms with van der Waals surface area (Å²) in [6.07, 6.45) is 3.66. The fourth-order valence-corrected chi connectivity index (χ4v) is 2.47. The van der Waals surface area contributed by atoms with Gasteiger partial charge in [-0.05, 0) is 60.7 Å². The highest BCUT2D eigenvalue weighted by Crippen LogP contribution is 2.18. The first-order valence-electron chi connectivity index (χ1n) is 8.22. The standard InChI is InChI=1S/C20H24N2O3/c1-15-12-19(25-3)11-10-17(15)7-5-9-20(23)22-21-14-16-6-4-8-18(13-16)24-2/h4,6,8,10-14H,5,7,9H2,1-3H3,(H,22,23)/b21-14-. The van der Waals surface area contributed by atoms with Crippen LogP contribution in [0.25, 0.3) is 0 Å². The van der Waals surface area contributed by atoms with Gasteiger partial charge in [0.15, 0.2) is 0 Å². The van der Waals surface area contributed by atoms with E-state index in [0.717, 1.165) is 29.9 Å². The predicted octanol–water partition coefficient (Wildman–Crippen LogP) is 3.49. The number of benzene rings is 2. The number of aryl methyl sites for hydroxylation is 2. The largest absolute Gasteiger partial charge is 0.497 e. The monoisotopic (exact) mass is 340 g/mol. The van der Waals surface area contributed by atoms with Crippen LogP contribution in [-0.2, 0) is 11.2 Å². The van der Waals surface area contributed by atoms with Crippen LogP contribution in [0.15, 0.2) is 47.6 Å². The molecule has 1 amide bonds. The van der Waals surface area contributed by atoms with Crippen molar-refractivity contribution in [3.05, 3.63) is 59.2 Å². The Balaban J connectivity index is 1.76. The van der Waals surface area contributed by atoms with Gasteiger partial charge in [0.1, 0.15) is 11.5 Å². The van der Waals surface area contributed by atoms with Crippen LogP contribution in [0.1, 0.15) is 29.5 Å². The number of nitrogens with one attached hydrogen (secondary N) is 1. The van der Waals surface area contributed by atoms with E-state index in [1.807, 2.05) is 42.5 Å². The van der Waals surface area contributed by atoms with E-state index in [9.17, 15) is 4.79 Å². The first kappa shape index (κ1) is 18.5. The van der Waals surface area contributed by atoms with E-state index in [-0.39, 0.29) is 5.91 Å². The molecule has 0 aromatic heterocycles. The van der Waals surface area contributed by atoms with Crippen LogP contribution in [0.3, 0.4) is 0 Å². The Bertz CT molecular complexity index is 741. The Morgan fingerprint density at radius 1 is 1.12 bits per heavy atom. The van der Waals surface area contributed by atoms with Gasteiger partial charge in [-0.3, -0.25) is 4.79 Å². The summed E-state index contributed by atoms with van der Waals surface area (Å²) < 4.78 is 10.3. The highest BCUT2D eigenvalue weighted by Gasteiger charge is 2.04. The summed E-state index contributed by atoms with van der Waals surface area (Å²) in [6.45, 7) is 2.05. The van der Waals surface area contributed by atoms with Gasteiger partial charge in [-0.2, -0.15) is 5.10 Å². The van der Waals surface area contributed by atoms with E-state index in [4.69, 9.17) is 9.47 Å². The van der Waals surface area contributed by atoms with Gasteiger partial charge < -0.3 is 9.47 Å². The quantitative estimate of drug-likeness (QED) is 0.591. The van der Waals surface area contributed by atoms with Crippen LogP contribution >= 0.6 is 0 Å². The molecule has 0 bridgehead atoms. The molecular formula is C20H24N2O3. The van der Waals surface area contributed by atoms with E-state index in [1.54, 1.807) is 20.4 Å². The minimum atomic E-state index is -0.0923. The van der Waals surface area contributed by atoms with Crippen molar-refractivity contribution >= 4 is 12.1 Å². The summed E-state index contributed by atoms with van der Waals surface area (Å²) in [5, 5.41) is 3.99. The number of rotatable bonds is 8. The van der Waals surface area contributed by atoms with Gasteiger partial charge >= 0.3 is 0 Å². The van der Waals surface area contributed by atoms with E-state index < -0.39 is 0 Å². The molecule has 25 heavy (non-hydrogen) atoms. The second-order valence-corrected chi connectivity index (χ2v) is 5.72. The summed E-state index contributed by atoms with van der Waals surface area (Å²) in [6, 6.07) is 13.5. The summed E-state index contributed by atoms with van der Waals surface area (Å²) >= 11 is 0. The maximum absolute atomic E-state index is 11.9. The highest BCUT2D eigenvalue weighted by molar-refractivity contribution is 5.82.